The maximum Gasteiger partial charge on any atom is 0.239 e. The number of pyridine rings is 2. The number of carbonyl (C=O) groups excluding carboxylic acids is 3. The summed E-state index contributed by atoms with van der Waals surface area (Å²) in [5.41, 5.74) is 9.33. The lowest BCUT2D eigenvalue weighted by atomic mass is 10.1. The number of aromatic nitrogens is 2. The third-order valence-corrected chi connectivity index (χ3v) is 6.60. The van der Waals surface area contributed by atoms with Crippen molar-refractivity contribution in [3.63, 3.8) is 0 Å². The molecular weight excluding hydrogens is 560 g/mol. The predicted molar refractivity (Wildman–Crippen MR) is 166 cm³/mol. The molecule has 0 aliphatic rings. The van der Waals surface area contributed by atoms with Crippen LogP contribution in [0.1, 0.15) is 5.56 Å². The second-order valence-electron chi connectivity index (χ2n) is 9.98. The second-order valence-corrected chi connectivity index (χ2v) is 9.98. The molecule has 0 aliphatic carbocycles. The van der Waals surface area contributed by atoms with E-state index in [4.69, 9.17) is 15.5 Å². The number of nitrogens with two attached hydrogens (primary N) is 1. The normalized spacial score (nSPS) is 10.8. The SMILES string of the molecule is NC(=O)CN(CCOc1cc(-c2ccccc2)nc(-c2ccccn2)c1)CC(=O)N(CCO)CC(=O)NCc1ccccc1. The fraction of sp³-hybridized carbons (Fsp3) is 0.242. The van der Waals surface area contributed by atoms with Crippen molar-refractivity contribution in [2.45, 2.75) is 6.54 Å². The van der Waals surface area contributed by atoms with Crippen LogP contribution < -0.4 is 15.8 Å². The summed E-state index contributed by atoms with van der Waals surface area (Å²) >= 11 is 0. The van der Waals surface area contributed by atoms with E-state index in [1.807, 2.05) is 84.9 Å². The van der Waals surface area contributed by atoms with Gasteiger partial charge in [-0.1, -0.05) is 66.7 Å². The summed E-state index contributed by atoms with van der Waals surface area (Å²) in [7, 11) is 0. The number of nitrogens with zero attached hydrogens (tertiary/aromatic N) is 4. The summed E-state index contributed by atoms with van der Waals surface area (Å²) in [4.78, 5) is 49.5. The number of hydrogen-bond donors (Lipinski definition) is 3. The minimum Gasteiger partial charge on any atom is -0.492 e. The Balaban J connectivity index is 1.40. The van der Waals surface area contributed by atoms with Crippen LogP contribution >= 0.6 is 0 Å². The molecule has 44 heavy (non-hydrogen) atoms. The minimum atomic E-state index is -0.611. The van der Waals surface area contributed by atoms with E-state index in [2.05, 4.69) is 10.3 Å². The molecule has 0 atom stereocenters. The van der Waals surface area contributed by atoms with Crippen molar-refractivity contribution in [1.29, 1.82) is 0 Å². The maximum atomic E-state index is 13.2. The Kier molecular flexibility index (Phi) is 11.9. The molecule has 11 heteroatoms. The van der Waals surface area contributed by atoms with Gasteiger partial charge >= 0.3 is 0 Å². The lowest BCUT2D eigenvalue weighted by molar-refractivity contribution is -0.138. The molecule has 0 saturated carbocycles. The average molecular weight is 597 g/mol. The summed E-state index contributed by atoms with van der Waals surface area (Å²) in [5, 5.41) is 12.3. The van der Waals surface area contributed by atoms with Crippen LogP contribution in [0.4, 0.5) is 0 Å². The van der Waals surface area contributed by atoms with E-state index in [-0.39, 0.29) is 51.8 Å². The Morgan fingerprint density at radius 3 is 2.20 bits per heavy atom. The van der Waals surface area contributed by atoms with Gasteiger partial charge in [-0.25, -0.2) is 4.98 Å². The van der Waals surface area contributed by atoms with Crippen LogP contribution in [0.2, 0.25) is 0 Å². The van der Waals surface area contributed by atoms with Gasteiger partial charge in [-0.15, -0.1) is 0 Å². The minimum absolute atomic E-state index is 0.0337. The highest BCUT2D eigenvalue weighted by Crippen LogP contribution is 2.27. The van der Waals surface area contributed by atoms with E-state index >= 15 is 0 Å². The second kappa shape index (κ2) is 16.5. The molecule has 2 aromatic carbocycles. The summed E-state index contributed by atoms with van der Waals surface area (Å²) in [6.45, 7) is -0.315. The molecule has 228 valence electrons. The van der Waals surface area contributed by atoms with Crippen molar-refractivity contribution in [3.8, 4) is 28.4 Å². The number of aliphatic hydroxyl groups is 1. The fourth-order valence-electron chi connectivity index (χ4n) is 4.45. The van der Waals surface area contributed by atoms with Crippen LogP contribution in [0, 0.1) is 0 Å². The summed E-state index contributed by atoms with van der Waals surface area (Å²) in [5.74, 6) is -0.861. The van der Waals surface area contributed by atoms with E-state index in [0.29, 0.717) is 29.4 Å². The van der Waals surface area contributed by atoms with Crippen molar-refractivity contribution in [1.82, 2.24) is 25.1 Å². The highest BCUT2D eigenvalue weighted by Gasteiger charge is 2.21. The smallest absolute Gasteiger partial charge is 0.239 e. The first-order chi connectivity index (χ1) is 21.4. The molecule has 2 aromatic heterocycles. The quantitative estimate of drug-likeness (QED) is 0.178. The first-order valence-electron chi connectivity index (χ1n) is 14.2. The maximum absolute atomic E-state index is 13.2. The monoisotopic (exact) mass is 596 g/mol. The third kappa shape index (κ3) is 10.0. The number of ether oxygens (including phenoxy) is 1. The Bertz CT molecular complexity index is 1450. The van der Waals surface area contributed by atoms with Gasteiger partial charge in [-0.2, -0.15) is 0 Å². The zero-order valence-electron chi connectivity index (χ0n) is 24.3. The standard InChI is InChI=1S/C33H36N6O5/c34-31(41)22-38(24-33(43)39(15-17-40)23-32(42)36-21-25-9-3-1-4-10-25)16-18-44-27-19-29(26-11-5-2-6-12-26)37-30(20-27)28-13-7-8-14-35-28/h1-14,19-20,40H,15-18,21-24H2,(H2,34,41)(H,36,42). The summed E-state index contributed by atoms with van der Waals surface area (Å²) in [6, 6.07) is 28.3. The van der Waals surface area contributed by atoms with Gasteiger partial charge in [0, 0.05) is 43.5 Å². The van der Waals surface area contributed by atoms with Gasteiger partial charge in [0.15, 0.2) is 0 Å². The molecule has 0 spiro atoms. The van der Waals surface area contributed by atoms with Gasteiger partial charge in [0.2, 0.25) is 17.7 Å². The number of nitrogens with one attached hydrogen (secondary N) is 1. The number of aliphatic hydroxyl groups excluding tert-OH is 1. The third-order valence-electron chi connectivity index (χ3n) is 6.60. The lowest BCUT2D eigenvalue weighted by Gasteiger charge is -2.26. The Labute approximate surface area is 256 Å². The molecule has 0 saturated heterocycles. The Morgan fingerprint density at radius 1 is 0.818 bits per heavy atom. The molecule has 0 fully saturated rings. The topological polar surface area (TPSA) is 151 Å². The zero-order chi connectivity index (χ0) is 31.1. The molecule has 0 radical (unpaired) electrons. The van der Waals surface area contributed by atoms with Crippen LogP contribution in [0.25, 0.3) is 22.6 Å². The van der Waals surface area contributed by atoms with Crippen molar-refractivity contribution in [2.75, 3.05) is 45.9 Å². The summed E-state index contributed by atoms with van der Waals surface area (Å²) in [6.07, 6.45) is 1.69. The van der Waals surface area contributed by atoms with Crippen molar-refractivity contribution in [2.24, 2.45) is 5.73 Å². The molecule has 0 unspecified atom stereocenters. The molecule has 0 aliphatic heterocycles. The first-order valence-corrected chi connectivity index (χ1v) is 14.2. The van der Waals surface area contributed by atoms with Crippen LogP contribution in [-0.4, -0.2) is 88.5 Å². The van der Waals surface area contributed by atoms with Crippen LogP contribution in [0.15, 0.2) is 97.2 Å². The van der Waals surface area contributed by atoms with Crippen molar-refractivity contribution >= 4 is 17.7 Å². The highest BCUT2D eigenvalue weighted by molar-refractivity contribution is 5.86. The number of amides is 3. The van der Waals surface area contributed by atoms with Gasteiger partial charge in [-0.05, 0) is 17.7 Å². The van der Waals surface area contributed by atoms with Crippen LogP contribution in [-0.2, 0) is 20.9 Å². The number of primary amides is 1. The van der Waals surface area contributed by atoms with E-state index < -0.39 is 11.8 Å². The van der Waals surface area contributed by atoms with E-state index in [1.54, 1.807) is 17.2 Å². The molecule has 4 N–H and O–H groups in total. The fourth-order valence-corrected chi connectivity index (χ4v) is 4.45. The van der Waals surface area contributed by atoms with Crippen LogP contribution in [0.3, 0.4) is 0 Å². The number of carbonyl (C=O) groups is 3. The lowest BCUT2D eigenvalue weighted by Crippen LogP contribution is -2.48. The van der Waals surface area contributed by atoms with Gasteiger partial charge in [0.25, 0.3) is 0 Å². The first kappa shape index (κ1) is 31.8. The highest BCUT2D eigenvalue weighted by atomic mass is 16.5. The van der Waals surface area contributed by atoms with Gasteiger partial charge in [0.1, 0.15) is 12.4 Å². The molecular formula is C33H36N6O5. The van der Waals surface area contributed by atoms with Gasteiger partial charge in [-0.3, -0.25) is 24.3 Å². The number of rotatable bonds is 16. The largest absolute Gasteiger partial charge is 0.492 e. The molecule has 4 rings (SSSR count). The molecule has 2 heterocycles. The van der Waals surface area contributed by atoms with Crippen molar-refractivity contribution in [3.05, 3.63) is 103 Å². The van der Waals surface area contributed by atoms with Gasteiger partial charge in [0.05, 0.1) is 43.3 Å². The number of benzene rings is 2. The summed E-state index contributed by atoms with van der Waals surface area (Å²) < 4.78 is 6.08. The molecule has 4 aromatic rings. The molecule has 0 bridgehead atoms. The predicted octanol–water partition coefficient (Wildman–Crippen LogP) is 2.11. The van der Waals surface area contributed by atoms with E-state index in [0.717, 1.165) is 11.1 Å². The zero-order valence-corrected chi connectivity index (χ0v) is 24.3. The number of hydrogen-bond acceptors (Lipinski definition) is 8. The average Bonchev–Trinajstić information content (AvgIpc) is 3.04. The Hall–Kier alpha value is -5.13. The van der Waals surface area contributed by atoms with Crippen molar-refractivity contribution < 1.29 is 24.2 Å². The Morgan fingerprint density at radius 2 is 1.52 bits per heavy atom. The van der Waals surface area contributed by atoms with Gasteiger partial charge < -0.3 is 25.8 Å². The van der Waals surface area contributed by atoms with Crippen LogP contribution in [0.5, 0.6) is 5.75 Å². The molecule has 11 nitrogen and oxygen atoms in total. The molecule has 3 amide bonds. The van der Waals surface area contributed by atoms with E-state index in [1.165, 1.54) is 4.90 Å². The van der Waals surface area contributed by atoms with E-state index in [9.17, 15) is 19.5 Å².